The highest BCUT2D eigenvalue weighted by atomic mass is 79.9. The fourth-order valence-electron chi connectivity index (χ4n) is 1.33. The van der Waals surface area contributed by atoms with Crippen LogP contribution in [0.1, 0.15) is 12.8 Å². The Labute approximate surface area is 105 Å². The second-order valence-corrected chi connectivity index (χ2v) is 4.73. The van der Waals surface area contributed by atoms with Gasteiger partial charge in [-0.2, -0.15) is 0 Å². The van der Waals surface area contributed by atoms with Gasteiger partial charge in [0.05, 0.1) is 0 Å². The number of rotatable bonds is 4. The lowest BCUT2D eigenvalue weighted by molar-refractivity contribution is -0.274. The molecule has 2 rings (SSSR count). The highest BCUT2D eigenvalue weighted by molar-refractivity contribution is 9.09. The van der Waals surface area contributed by atoms with Crippen molar-refractivity contribution in [3.05, 3.63) is 24.3 Å². The fourth-order valence-corrected chi connectivity index (χ4v) is 2.07. The van der Waals surface area contributed by atoms with Crippen LogP contribution in [0.4, 0.5) is 13.2 Å². The first-order valence-corrected chi connectivity index (χ1v) is 6.02. The third kappa shape index (κ3) is 4.11. The monoisotopic (exact) mass is 310 g/mol. The summed E-state index contributed by atoms with van der Waals surface area (Å²) in [6.45, 7) is 0. The van der Waals surface area contributed by atoms with Gasteiger partial charge in [0.2, 0.25) is 0 Å². The summed E-state index contributed by atoms with van der Waals surface area (Å²) >= 11 is 3.34. The van der Waals surface area contributed by atoms with E-state index >= 15 is 0 Å². The van der Waals surface area contributed by atoms with Crippen LogP contribution in [0.25, 0.3) is 0 Å². The zero-order chi connectivity index (χ0) is 12.5. The van der Waals surface area contributed by atoms with Crippen LogP contribution in [0, 0.1) is 5.92 Å². The normalized spacial score (nSPS) is 17.6. The molecule has 2 nitrogen and oxygen atoms in total. The molecule has 1 atom stereocenters. The molecule has 0 aliphatic heterocycles. The summed E-state index contributed by atoms with van der Waals surface area (Å²) in [5.74, 6) is 0.535. The van der Waals surface area contributed by atoms with Gasteiger partial charge >= 0.3 is 6.36 Å². The smallest absolute Gasteiger partial charge is 0.479 e. The molecule has 94 valence electrons. The molecular formula is C11H10BrF3O2. The van der Waals surface area contributed by atoms with Crippen LogP contribution < -0.4 is 9.47 Å². The van der Waals surface area contributed by atoms with Gasteiger partial charge in [0.1, 0.15) is 11.5 Å². The van der Waals surface area contributed by atoms with E-state index < -0.39 is 6.36 Å². The fraction of sp³-hybridized carbons (Fsp3) is 0.455. The molecule has 1 unspecified atom stereocenters. The average Bonchev–Trinajstić information content (AvgIpc) is 2.97. The van der Waals surface area contributed by atoms with Crippen LogP contribution in [0.2, 0.25) is 0 Å². The van der Waals surface area contributed by atoms with E-state index in [1.54, 1.807) is 6.07 Å². The van der Waals surface area contributed by atoms with Gasteiger partial charge in [-0.1, -0.05) is 6.07 Å². The molecule has 1 aromatic rings. The minimum atomic E-state index is -4.68. The van der Waals surface area contributed by atoms with Crippen molar-refractivity contribution in [3.8, 4) is 11.5 Å². The molecule has 6 heteroatoms. The van der Waals surface area contributed by atoms with Gasteiger partial charge in [-0.25, -0.2) is 0 Å². The number of alkyl halides is 4. The van der Waals surface area contributed by atoms with E-state index in [1.807, 2.05) is 0 Å². The van der Waals surface area contributed by atoms with E-state index in [9.17, 15) is 13.2 Å². The summed E-state index contributed by atoms with van der Waals surface area (Å²) in [6.07, 6.45) is -2.52. The number of hydrogen-bond donors (Lipinski definition) is 0. The second kappa shape index (κ2) is 4.76. The van der Waals surface area contributed by atoms with Gasteiger partial charge in [-0.05, 0) is 40.9 Å². The van der Waals surface area contributed by atoms with Crippen molar-refractivity contribution < 1.29 is 22.6 Å². The zero-order valence-corrected chi connectivity index (χ0v) is 10.3. The molecular weight excluding hydrogens is 301 g/mol. The summed E-state index contributed by atoms with van der Waals surface area (Å²) in [4.78, 5) is 0. The van der Waals surface area contributed by atoms with Crippen LogP contribution in [0.15, 0.2) is 24.3 Å². The molecule has 0 bridgehead atoms. The third-order valence-corrected chi connectivity index (χ3v) is 3.21. The highest BCUT2D eigenvalue weighted by Crippen LogP contribution is 2.38. The van der Waals surface area contributed by atoms with E-state index in [4.69, 9.17) is 4.74 Å². The molecule has 0 spiro atoms. The van der Waals surface area contributed by atoms with Crippen molar-refractivity contribution >= 4 is 15.9 Å². The molecule has 1 fully saturated rings. The van der Waals surface area contributed by atoms with Gasteiger partial charge in [0.25, 0.3) is 0 Å². The Kier molecular flexibility index (Phi) is 3.51. The second-order valence-electron chi connectivity index (χ2n) is 3.83. The van der Waals surface area contributed by atoms with E-state index in [0.29, 0.717) is 11.7 Å². The standard InChI is InChI=1S/C11H10BrF3O2/c12-10(7-4-5-7)16-8-2-1-3-9(6-8)17-11(13,14)15/h1-3,6-7,10H,4-5H2. The molecule has 0 radical (unpaired) electrons. The Bertz CT molecular complexity index is 391. The van der Waals surface area contributed by atoms with Crippen molar-refractivity contribution in [3.63, 3.8) is 0 Å². The van der Waals surface area contributed by atoms with E-state index in [0.717, 1.165) is 12.8 Å². The predicted molar refractivity (Wildman–Crippen MR) is 59.2 cm³/mol. The van der Waals surface area contributed by atoms with Crippen LogP contribution in [0.5, 0.6) is 11.5 Å². The zero-order valence-electron chi connectivity index (χ0n) is 8.71. The Morgan fingerprint density at radius 3 is 2.47 bits per heavy atom. The minimum Gasteiger partial charge on any atom is -0.479 e. The van der Waals surface area contributed by atoms with Gasteiger partial charge in [-0.15, -0.1) is 13.2 Å². The van der Waals surface area contributed by atoms with Gasteiger partial charge in [0, 0.05) is 12.0 Å². The first-order chi connectivity index (χ1) is 7.94. The van der Waals surface area contributed by atoms with E-state index in [-0.39, 0.29) is 10.8 Å². The largest absolute Gasteiger partial charge is 0.573 e. The topological polar surface area (TPSA) is 18.5 Å². The maximum Gasteiger partial charge on any atom is 0.573 e. The van der Waals surface area contributed by atoms with Gasteiger partial charge in [-0.3, -0.25) is 0 Å². The summed E-state index contributed by atoms with van der Waals surface area (Å²) in [6, 6.07) is 5.52. The number of benzene rings is 1. The lowest BCUT2D eigenvalue weighted by Crippen LogP contribution is -2.17. The molecule has 0 N–H and O–H groups in total. The summed E-state index contributed by atoms with van der Waals surface area (Å²) in [7, 11) is 0. The lowest BCUT2D eigenvalue weighted by atomic mass is 10.3. The SMILES string of the molecule is FC(F)(F)Oc1cccc(OC(Br)C2CC2)c1. The van der Waals surface area contributed by atoms with Crippen LogP contribution >= 0.6 is 15.9 Å². The predicted octanol–water partition coefficient (Wildman–Crippen LogP) is 4.10. The van der Waals surface area contributed by atoms with Crippen molar-refractivity contribution in [1.29, 1.82) is 0 Å². The molecule has 1 saturated carbocycles. The third-order valence-electron chi connectivity index (χ3n) is 2.28. The number of halogens is 4. The van der Waals surface area contributed by atoms with Crippen molar-refractivity contribution in [2.45, 2.75) is 24.2 Å². The maximum atomic E-state index is 12.0. The number of ether oxygens (including phenoxy) is 2. The minimum absolute atomic E-state index is 0.149. The van der Waals surface area contributed by atoms with E-state index in [2.05, 4.69) is 20.7 Å². The van der Waals surface area contributed by atoms with Crippen molar-refractivity contribution in [2.24, 2.45) is 5.92 Å². The van der Waals surface area contributed by atoms with E-state index in [1.165, 1.54) is 18.2 Å². The summed E-state index contributed by atoms with van der Waals surface area (Å²) in [5, 5.41) is -0.149. The Hall–Kier alpha value is -0.910. The molecule has 0 heterocycles. The summed E-state index contributed by atoms with van der Waals surface area (Å²) < 4.78 is 45.3. The molecule has 0 saturated heterocycles. The molecule has 17 heavy (non-hydrogen) atoms. The van der Waals surface area contributed by atoms with Crippen molar-refractivity contribution in [1.82, 2.24) is 0 Å². The lowest BCUT2D eigenvalue weighted by Gasteiger charge is -2.14. The van der Waals surface area contributed by atoms with Gasteiger partial charge < -0.3 is 9.47 Å². The Balaban J connectivity index is 2.00. The molecule has 1 aromatic carbocycles. The summed E-state index contributed by atoms with van der Waals surface area (Å²) in [5.41, 5.74) is 0. The van der Waals surface area contributed by atoms with Crippen LogP contribution in [0.3, 0.4) is 0 Å². The van der Waals surface area contributed by atoms with Crippen LogP contribution in [-0.2, 0) is 0 Å². The number of hydrogen-bond acceptors (Lipinski definition) is 2. The highest BCUT2D eigenvalue weighted by Gasteiger charge is 2.32. The van der Waals surface area contributed by atoms with Crippen molar-refractivity contribution in [2.75, 3.05) is 0 Å². The quantitative estimate of drug-likeness (QED) is 0.780. The molecule has 1 aliphatic rings. The van der Waals surface area contributed by atoms with Crippen LogP contribution in [-0.4, -0.2) is 11.4 Å². The first kappa shape index (κ1) is 12.5. The molecule has 0 aromatic heterocycles. The van der Waals surface area contributed by atoms with Gasteiger partial charge in [0.15, 0.2) is 5.01 Å². The molecule has 1 aliphatic carbocycles. The average molecular weight is 311 g/mol. The molecule has 0 amide bonds. The first-order valence-electron chi connectivity index (χ1n) is 5.10. The Morgan fingerprint density at radius 1 is 1.24 bits per heavy atom. The maximum absolute atomic E-state index is 12.0. The Morgan fingerprint density at radius 2 is 1.88 bits per heavy atom.